The van der Waals surface area contributed by atoms with E-state index >= 15 is 0 Å². The smallest absolute Gasteiger partial charge is 0.245 e. The predicted molar refractivity (Wildman–Crippen MR) is 98.3 cm³/mol. The summed E-state index contributed by atoms with van der Waals surface area (Å²) in [4.78, 5) is 14.8. The molecule has 0 radical (unpaired) electrons. The molecule has 8 nitrogen and oxygen atoms in total. The first kappa shape index (κ1) is 17.4. The Labute approximate surface area is 157 Å². The average molecular weight is 366 g/mol. The third-order valence-corrected chi connectivity index (χ3v) is 4.90. The van der Waals surface area contributed by atoms with Crippen molar-refractivity contribution in [2.24, 2.45) is 0 Å². The van der Waals surface area contributed by atoms with Crippen LogP contribution in [0, 0.1) is 13.8 Å². The Hall–Kier alpha value is -3.00. The Balaban J connectivity index is 1.66. The van der Waals surface area contributed by atoms with Gasteiger partial charge in [0.15, 0.2) is 0 Å². The van der Waals surface area contributed by atoms with E-state index in [9.17, 15) is 4.79 Å². The number of hydrogen-bond donors (Lipinski definition) is 0. The number of para-hydroxylation sites is 1. The van der Waals surface area contributed by atoms with Gasteiger partial charge in [-0.2, -0.15) is 5.10 Å². The van der Waals surface area contributed by atoms with Gasteiger partial charge in [0.25, 0.3) is 0 Å². The highest BCUT2D eigenvalue weighted by atomic mass is 16.5. The first-order chi connectivity index (χ1) is 13.1. The maximum absolute atomic E-state index is 12.9. The van der Waals surface area contributed by atoms with Crippen LogP contribution in [0.4, 0.5) is 0 Å². The van der Waals surface area contributed by atoms with Crippen molar-refractivity contribution in [1.82, 2.24) is 29.7 Å². The molecule has 27 heavy (non-hydrogen) atoms. The molecule has 0 spiro atoms. The van der Waals surface area contributed by atoms with Crippen molar-refractivity contribution in [2.45, 2.75) is 26.4 Å². The molecular formula is C19H22N6O2. The summed E-state index contributed by atoms with van der Waals surface area (Å²) in [6.45, 7) is 5.73. The number of nitrogens with zero attached hydrogens (tertiary/aromatic N) is 6. The van der Waals surface area contributed by atoms with Crippen LogP contribution in [0.2, 0.25) is 0 Å². The van der Waals surface area contributed by atoms with Crippen LogP contribution in [0.3, 0.4) is 0 Å². The molecule has 0 unspecified atom stereocenters. The van der Waals surface area contributed by atoms with E-state index in [2.05, 4.69) is 10.3 Å². The normalized spacial score (nSPS) is 17.3. The van der Waals surface area contributed by atoms with E-state index < -0.39 is 0 Å². The van der Waals surface area contributed by atoms with Gasteiger partial charge in [-0.05, 0) is 26.0 Å². The lowest BCUT2D eigenvalue weighted by molar-refractivity contribution is -0.141. The number of carbonyl (C=O) groups is 1. The van der Waals surface area contributed by atoms with Gasteiger partial charge in [-0.25, -0.2) is 9.36 Å². The molecule has 1 aliphatic heterocycles. The minimum Gasteiger partial charge on any atom is -0.377 e. The Bertz CT molecular complexity index is 919. The first-order valence-electron chi connectivity index (χ1n) is 8.98. The van der Waals surface area contributed by atoms with Gasteiger partial charge in [-0.1, -0.05) is 23.4 Å². The van der Waals surface area contributed by atoms with Gasteiger partial charge in [0, 0.05) is 24.0 Å². The fourth-order valence-corrected chi connectivity index (χ4v) is 3.65. The standard InChI is InChI=1S/C19H22N6O2/c1-14-19(15(2)25(21-14)16-6-4-3-5-7-16)17-13-27-11-10-24(17)18(26)12-23-9-8-20-22-23/h3-9,17H,10-13H2,1-2H3/t17-/m0/s1. The fourth-order valence-electron chi connectivity index (χ4n) is 3.65. The third kappa shape index (κ3) is 3.35. The van der Waals surface area contributed by atoms with Crippen LogP contribution in [-0.4, -0.2) is 55.3 Å². The van der Waals surface area contributed by atoms with Gasteiger partial charge in [0.1, 0.15) is 6.54 Å². The monoisotopic (exact) mass is 366 g/mol. The van der Waals surface area contributed by atoms with E-state index in [1.807, 2.05) is 53.8 Å². The third-order valence-electron chi connectivity index (χ3n) is 4.90. The molecule has 1 fully saturated rings. The largest absolute Gasteiger partial charge is 0.377 e. The van der Waals surface area contributed by atoms with E-state index in [1.165, 1.54) is 0 Å². The predicted octanol–water partition coefficient (Wildman–Crippen LogP) is 1.68. The summed E-state index contributed by atoms with van der Waals surface area (Å²) in [5.74, 6) is 0.0000566. The maximum Gasteiger partial charge on any atom is 0.245 e. The van der Waals surface area contributed by atoms with Gasteiger partial charge in [0.2, 0.25) is 5.91 Å². The van der Waals surface area contributed by atoms with Crippen molar-refractivity contribution >= 4 is 5.91 Å². The minimum atomic E-state index is -0.160. The molecule has 2 aromatic heterocycles. The van der Waals surface area contributed by atoms with Gasteiger partial charge >= 0.3 is 0 Å². The van der Waals surface area contributed by atoms with Crippen molar-refractivity contribution in [1.29, 1.82) is 0 Å². The van der Waals surface area contributed by atoms with Crippen molar-refractivity contribution in [2.75, 3.05) is 19.8 Å². The molecule has 3 aromatic rings. The van der Waals surface area contributed by atoms with Gasteiger partial charge in [-0.15, -0.1) is 5.10 Å². The highest BCUT2D eigenvalue weighted by Crippen LogP contribution is 2.31. The quantitative estimate of drug-likeness (QED) is 0.702. The Morgan fingerprint density at radius 2 is 2.07 bits per heavy atom. The molecule has 3 heterocycles. The molecule has 140 valence electrons. The summed E-state index contributed by atoms with van der Waals surface area (Å²) in [6.07, 6.45) is 3.26. The highest BCUT2D eigenvalue weighted by molar-refractivity contribution is 5.76. The molecule has 1 atom stereocenters. The van der Waals surface area contributed by atoms with Crippen molar-refractivity contribution in [3.63, 3.8) is 0 Å². The second-order valence-electron chi connectivity index (χ2n) is 6.61. The SMILES string of the molecule is Cc1nn(-c2ccccc2)c(C)c1[C@@H]1COCCN1C(=O)Cn1ccnn1. The summed E-state index contributed by atoms with van der Waals surface area (Å²) in [5, 5.41) is 12.4. The van der Waals surface area contributed by atoms with Crippen LogP contribution >= 0.6 is 0 Å². The molecule has 1 amide bonds. The molecule has 8 heteroatoms. The second-order valence-corrected chi connectivity index (χ2v) is 6.61. The molecule has 1 aliphatic rings. The van der Waals surface area contributed by atoms with E-state index in [-0.39, 0.29) is 18.5 Å². The van der Waals surface area contributed by atoms with Gasteiger partial charge in [-0.3, -0.25) is 4.79 Å². The second kappa shape index (κ2) is 7.32. The van der Waals surface area contributed by atoms with Crippen LogP contribution in [0.1, 0.15) is 23.0 Å². The molecular weight excluding hydrogens is 344 g/mol. The Kier molecular flexibility index (Phi) is 4.72. The lowest BCUT2D eigenvalue weighted by atomic mass is 10.0. The van der Waals surface area contributed by atoms with Crippen molar-refractivity contribution < 1.29 is 9.53 Å². The number of ether oxygens (including phenoxy) is 1. The number of rotatable bonds is 4. The number of aromatic nitrogens is 5. The number of benzene rings is 1. The van der Waals surface area contributed by atoms with Crippen LogP contribution in [0.5, 0.6) is 0 Å². The fraction of sp³-hybridized carbons (Fsp3) is 0.368. The van der Waals surface area contributed by atoms with E-state index in [1.54, 1.807) is 17.1 Å². The molecule has 0 bridgehead atoms. The van der Waals surface area contributed by atoms with Crippen LogP contribution in [-0.2, 0) is 16.1 Å². The number of aryl methyl sites for hydroxylation is 1. The van der Waals surface area contributed by atoms with E-state index in [0.29, 0.717) is 19.8 Å². The Morgan fingerprint density at radius 3 is 2.81 bits per heavy atom. The summed E-state index contributed by atoms with van der Waals surface area (Å²) in [5.41, 5.74) is 3.98. The lowest BCUT2D eigenvalue weighted by Gasteiger charge is -2.36. The average Bonchev–Trinajstić information content (AvgIpc) is 3.30. The number of hydrogen-bond acceptors (Lipinski definition) is 5. The highest BCUT2D eigenvalue weighted by Gasteiger charge is 2.33. The topological polar surface area (TPSA) is 78.1 Å². The van der Waals surface area contributed by atoms with Gasteiger partial charge < -0.3 is 9.64 Å². The van der Waals surface area contributed by atoms with E-state index in [4.69, 9.17) is 9.84 Å². The zero-order valence-electron chi connectivity index (χ0n) is 15.4. The zero-order chi connectivity index (χ0) is 18.8. The minimum absolute atomic E-state index is 0.0000566. The summed E-state index contributed by atoms with van der Waals surface area (Å²) < 4.78 is 9.18. The maximum atomic E-state index is 12.9. The molecule has 4 rings (SSSR count). The Morgan fingerprint density at radius 1 is 1.26 bits per heavy atom. The van der Waals surface area contributed by atoms with Crippen molar-refractivity contribution in [3.05, 3.63) is 59.7 Å². The molecule has 0 N–H and O–H groups in total. The van der Waals surface area contributed by atoms with E-state index in [0.717, 1.165) is 22.6 Å². The van der Waals surface area contributed by atoms with Crippen LogP contribution in [0.25, 0.3) is 5.69 Å². The molecule has 1 aromatic carbocycles. The molecule has 0 saturated carbocycles. The number of morpholine rings is 1. The summed E-state index contributed by atoms with van der Waals surface area (Å²) >= 11 is 0. The molecule has 1 saturated heterocycles. The first-order valence-corrected chi connectivity index (χ1v) is 8.98. The molecule has 0 aliphatic carbocycles. The summed E-state index contributed by atoms with van der Waals surface area (Å²) in [6, 6.07) is 9.84. The zero-order valence-corrected chi connectivity index (χ0v) is 15.4. The van der Waals surface area contributed by atoms with Crippen LogP contribution < -0.4 is 0 Å². The lowest BCUT2D eigenvalue weighted by Crippen LogP contribution is -2.45. The van der Waals surface area contributed by atoms with Gasteiger partial charge in [0.05, 0.1) is 36.8 Å². The van der Waals surface area contributed by atoms with Crippen molar-refractivity contribution in [3.8, 4) is 5.69 Å². The van der Waals surface area contributed by atoms with Crippen LogP contribution in [0.15, 0.2) is 42.7 Å². The number of carbonyl (C=O) groups excluding carboxylic acids is 1. The number of amides is 1. The summed E-state index contributed by atoms with van der Waals surface area (Å²) in [7, 11) is 0.